The molecule has 1 aromatic heterocycles. The second kappa shape index (κ2) is 10.1. The number of allylic oxidation sites excluding steroid dienone is 1. The first-order valence-electron chi connectivity index (χ1n) is 11.9. The third-order valence-corrected chi connectivity index (χ3v) is 6.36. The molecule has 170 valence electrons. The first-order chi connectivity index (χ1) is 16.2. The van der Waals surface area contributed by atoms with Gasteiger partial charge in [-0.1, -0.05) is 50.2 Å². The van der Waals surface area contributed by atoms with E-state index in [4.69, 9.17) is 4.74 Å². The molecule has 3 nitrogen and oxygen atoms in total. The van der Waals surface area contributed by atoms with Crippen LogP contribution in [-0.4, -0.2) is 17.2 Å². The largest absolute Gasteiger partial charge is 0.497 e. The Balaban J connectivity index is 0.00000126. The maximum absolute atomic E-state index is 9.54. The third-order valence-electron chi connectivity index (χ3n) is 6.36. The predicted octanol–water partition coefficient (Wildman–Crippen LogP) is 7.30. The molecule has 3 aromatic carbocycles. The van der Waals surface area contributed by atoms with Crippen molar-refractivity contribution in [1.29, 1.82) is 0 Å². The molecule has 0 atom stereocenters. The van der Waals surface area contributed by atoms with Crippen molar-refractivity contribution < 1.29 is 9.84 Å². The highest BCUT2D eigenvalue weighted by atomic mass is 16.5. The van der Waals surface area contributed by atoms with Gasteiger partial charge in [0.25, 0.3) is 0 Å². The highest BCUT2D eigenvalue weighted by molar-refractivity contribution is 6.02. The Kier molecular flexibility index (Phi) is 7.00. The summed E-state index contributed by atoms with van der Waals surface area (Å²) in [4.78, 5) is 3.29. The van der Waals surface area contributed by atoms with Crippen molar-refractivity contribution in [3.05, 3.63) is 100 Å². The highest BCUT2D eigenvalue weighted by Crippen LogP contribution is 2.42. The summed E-state index contributed by atoms with van der Waals surface area (Å²) in [5, 5.41) is 10.7. The number of hydrogen-bond donors (Lipinski definition) is 2. The number of aliphatic hydroxyl groups is 1. The average Bonchev–Trinajstić information content (AvgIpc) is 3.18. The number of aryl methyl sites for hydroxylation is 2. The van der Waals surface area contributed by atoms with Gasteiger partial charge in [0, 0.05) is 16.6 Å². The molecule has 1 aliphatic carbocycles. The quantitative estimate of drug-likeness (QED) is 0.350. The number of aromatic nitrogens is 1. The highest BCUT2D eigenvalue weighted by Gasteiger charge is 2.21. The number of ether oxygens (including phenoxy) is 1. The molecular formula is C30H33NO2. The van der Waals surface area contributed by atoms with E-state index >= 15 is 0 Å². The van der Waals surface area contributed by atoms with Gasteiger partial charge in [-0.25, -0.2) is 0 Å². The lowest BCUT2D eigenvalue weighted by Gasteiger charge is -2.18. The summed E-state index contributed by atoms with van der Waals surface area (Å²) in [6.07, 6.45) is 3.17. The van der Waals surface area contributed by atoms with E-state index in [0.717, 1.165) is 41.6 Å². The second-order valence-electron chi connectivity index (χ2n) is 8.30. The topological polar surface area (TPSA) is 45.2 Å². The fourth-order valence-corrected chi connectivity index (χ4v) is 4.83. The van der Waals surface area contributed by atoms with Gasteiger partial charge in [-0.2, -0.15) is 0 Å². The standard InChI is InChI=1S/C28H27NO2.C2H6/c1-18-6-3-4-8-24(18)26-9-5-7-19-16-23(31-2)11-12-25(19)28(26)20-10-13-27-21(14-20)15-22(17-30)29-27;1-2/h3-4,6,8,10-16,29-30H,5,7,9,17H2,1-2H3;1-2H3. The van der Waals surface area contributed by atoms with Gasteiger partial charge in [-0.15, -0.1) is 0 Å². The van der Waals surface area contributed by atoms with E-state index in [-0.39, 0.29) is 6.61 Å². The SMILES string of the molecule is CC.COc1ccc2c(c1)CCCC(c1ccccc1C)=C2c1ccc2[nH]c(CO)cc2c1. The Morgan fingerprint density at radius 2 is 1.73 bits per heavy atom. The smallest absolute Gasteiger partial charge is 0.119 e. The molecule has 33 heavy (non-hydrogen) atoms. The Morgan fingerprint density at radius 1 is 0.909 bits per heavy atom. The zero-order valence-corrected chi connectivity index (χ0v) is 20.0. The van der Waals surface area contributed by atoms with Gasteiger partial charge in [-0.3, -0.25) is 0 Å². The van der Waals surface area contributed by atoms with Crippen LogP contribution >= 0.6 is 0 Å². The first kappa shape index (κ1) is 22.9. The van der Waals surface area contributed by atoms with Crippen molar-refractivity contribution in [3.8, 4) is 5.75 Å². The number of aliphatic hydroxyl groups excluding tert-OH is 1. The fraction of sp³-hybridized carbons (Fsp3) is 0.267. The molecule has 0 radical (unpaired) electrons. The lowest BCUT2D eigenvalue weighted by molar-refractivity contribution is 0.278. The van der Waals surface area contributed by atoms with E-state index in [2.05, 4.69) is 72.6 Å². The van der Waals surface area contributed by atoms with Crippen molar-refractivity contribution in [3.63, 3.8) is 0 Å². The maximum Gasteiger partial charge on any atom is 0.119 e. The van der Waals surface area contributed by atoms with Crippen LogP contribution < -0.4 is 4.74 Å². The van der Waals surface area contributed by atoms with E-state index in [1.807, 2.05) is 19.9 Å². The molecule has 0 saturated carbocycles. The maximum atomic E-state index is 9.54. The number of benzene rings is 3. The molecule has 0 fully saturated rings. The van der Waals surface area contributed by atoms with E-state index in [1.165, 1.54) is 39.0 Å². The minimum absolute atomic E-state index is 0.0177. The molecule has 0 amide bonds. The summed E-state index contributed by atoms with van der Waals surface area (Å²) in [7, 11) is 1.73. The van der Waals surface area contributed by atoms with Gasteiger partial charge in [0.15, 0.2) is 0 Å². The minimum atomic E-state index is 0.0177. The summed E-state index contributed by atoms with van der Waals surface area (Å²) >= 11 is 0. The zero-order chi connectivity index (χ0) is 23.4. The van der Waals surface area contributed by atoms with Crippen LogP contribution in [0.2, 0.25) is 0 Å². The van der Waals surface area contributed by atoms with Crippen LogP contribution in [-0.2, 0) is 13.0 Å². The van der Waals surface area contributed by atoms with Crippen molar-refractivity contribution in [1.82, 2.24) is 4.98 Å². The number of fused-ring (bicyclic) bond motifs is 2. The van der Waals surface area contributed by atoms with E-state index in [9.17, 15) is 5.11 Å². The number of aromatic amines is 1. The lowest BCUT2D eigenvalue weighted by Crippen LogP contribution is -1.98. The molecule has 0 saturated heterocycles. The second-order valence-corrected chi connectivity index (χ2v) is 8.30. The van der Waals surface area contributed by atoms with E-state index in [1.54, 1.807) is 7.11 Å². The Hall–Kier alpha value is -3.30. The zero-order valence-electron chi connectivity index (χ0n) is 20.0. The van der Waals surface area contributed by atoms with Gasteiger partial charge in [0.05, 0.1) is 13.7 Å². The van der Waals surface area contributed by atoms with Gasteiger partial charge < -0.3 is 14.8 Å². The molecule has 3 heteroatoms. The monoisotopic (exact) mass is 439 g/mol. The average molecular weight is 440 g/mol. The lowest BCUT2D eigenvalue weighted by atomic mass is 9.86. The molecule has 4 aromatic rings. The molecule has 5 rings (SSSR count). The molecule has 1 aliphatic rings. The van der Waals surface area contributed by atoms with Gasteiger partial charge in [0.1, 0.15) is 5.75 Å². The van der Waals surface area contributed by atoms with Gasteiger partial charge >= 0.3 is 0 Å². The molecule has 0 aliphatic heterocycles. The van der Waals surface area contributed by atoms with Crippen LogP contribution in [0, 0.1) is 6.92 Å². The fourth-order valence-electron chi connectivity index (χ4n) is 4.83. The number of hydrogen-bond acceptors (Lipinski definition) is 2. The Labute approximate surface area is 196 Å². The van der Waals surface area contributed by atoms with E-state index in [0.29, 0.717) is 0 Å². The number of H-pyrrole nitrogens is 1. The van der Waals surface area contributed by atoms with Crippen LogP contribution in [0.3, 0.4) is 0 Å². The summed E-state index contributed by atoms with van der Waals surface area (Å²) in [6, 6.07) is 23.8. The normalized spacial score (nSPS) is 13.2. The molecule has 0 bridgehead atoms. The third kappa shape index (κ3) is 4.46. The summed E-state index contributed by atoms with van der Waals surface area (Å²) in [6.45, 7) is 6.21. The van der Waals surface area contributed by atoms with Crippen molar-refractivity contribution in [2.24, 2.45) is 0 Å². The Morgan fingerprint density at radius 3 is 2.48 bits per heavy atom. The summed E-state index contributed by atoms with van der Waals surface area (Å²) < 4.78 is 5.52. The minimum Gasteiger partial charge on any atom is -0.497 e. The molecule has 0 unspecified atom stereocenters. The van der Waals surface area contributed by atoms with Crippen molar-refractivity contribution in [2.75, 3.05) is 7.11 Å². The van der Waals surface area contributed by atoms with Crippen LogP contribution in [0.4, 0.5) is 0 Å². The number of methoxy groups -OCH3 is 1. The first-order valence-corrected chi connectivity index (χ1v) is 11.9. The predicted molar refractivity (Wildman–Crippen MR) is 139 cm³/mol. The van der Waals surface area contributed by atoms with Crippen molar-refractivity contribution >= 4 is 22.0 Å². The summed E-state index contributed by atoms with van der Waals surface area (Å²) in [5.74, 6) is 0.908. The van der Waals surface area contributed by atoms with Gasteiger partial charge in [-0.05, 0) is 95.5 Å². The van der Waals surface area contributed by atoms with Crippen molar-refractivity contribution in [2.45, 2.75) is 46.6 Å². The van der Waals surface area contributed by atoms with Crippen LogP contribution in [0.15, 0.2) is 66.7 Å². The molecule has 1 heterocycles. The molecule has 2 N–H and O–H groups in total. The molecule has 0 spiro atoms. The molecular weight excluding hydrogens is 406 g/mol. The van der Waals surface area contributed by atoms with Crippen LogP contribution in [0.5, 0.6) is 5.75 Å². The number of rotatable bonds is 4. The summed E-state index contributed by atoms with van der Waals surface area (Å²) in [5.41, 5.74) is 11.1. The van der Waals surface area contributed by atoms with Crippen LogP contribution in [0.1, 0.15) is 60.2 Å². The number of nitrogens with one attached hydrogen (secondary N) is 1. The van der Waals surface area contributed by atoms with Crippen LogP contribution in [0.25, 0.3) is 22.0 Å². The van der Waals surface area contributed by atoms with Gasteiger partial charge in [0.2, 0.25) is 0 Å². The van der Waals surface area contributed by atoms with E-state index < -0.39 is 0 Å². The Bertz CT molecular complexity index is 1300.